The zero-order valence-corrected chi connectivity index (χ0v) is 11.8. The van der Waals surface area contributed by atoms with E-state index in [-0.39, 0.29) is 12.1 Å². The van der Waals surface area contributed by atoms with Gasteiger partial charge in [0.05, 0.1) is 12.0 Å². The molecule has 4 nitrogen and oxygen atoms in total. The van der Waals surface area contributed by atoms with Crippen LogP contribution < -0.4 is 5.32 Å². The number of hydrogen-bond acceptors (Lipinski definition) is 4. The molecule has 1 amide bonds. The Kier molecular flexibility index (Phi) is 5.59. The van der Waals surface area contributed by atoms with Crippen molar-refractivity contribution in [2.45, 2.75) is 64.2 Å². The van der Waals surface area contributed by atoms with Crippen LogP contribution in [-0.2, 0) is 9.47 Å². The summed E-state index contributed by atoms with van der Waals surface area (Å²) >= 11 is 4.04. The standard InChI is InChI=1S/C12H23NO3S/c1-12(2,3)16-11(14)13-9-4-6-10(7-5-9)15-8-17/h9-10,17H,4-8H2,1-3H3,(H,13,14). The molecule has 0 heterocycles. The predicted octanol–water partition coefficient (Wildman–Crippen LogP) is 2.73. The fraction of sp³-hybridized carbons (Fsp3) is 0.917. The van der Waals surface area contributed by atoms with Crippen LogP contribution >= 0.6 is 12.6 Å². The van der Waals surface area contributed by atoms with E-state index in [4.69, 9.17) is 9.47 Å². The number of alkyl carbamates (subject to hydrolysis) is 1. The molecule has 0 aromatic rings. The summed E-state index contributed by atoms with van der Waals surface area (Å²) in [7, 11) is 0. The van der Waals surface area contributed by atoms with E-state index < -0.39 is 5.60 Å². The van der Waals surface area contributed by atoms with E-state index in [1.54, 1.807) is 0 Å². The molecule has 5 heteroatoms. The van der Waals surface area contributed by atoms with Crippen molar-refractivity contribution in [1.29, 1.82) is 0 Å². The molecule has 1 saturated carbocycles. The molecule has 17 heavy (non-hydrogen) atoms. The maximum absolute atomic E-state index is 11.6. The lowest BCUT2D eigenvalue weighted by molar-refractivity contribution is 0.0371. The van der Waals surface area contributed by atoms with Gasteiger partial charge in [0.25, 0.3) is 0 Å². The zero-order valence-electron chi connectivity index (χ0n) is 10.9. The number of rotatable bonds is 3. The maximum atomic E-state index is 11.6. The van der Waals surface area contributed by atoms with Crippen LogP contribution in [0.3, 0.4) is 0 Å². The molecule has 0 aromatic heterocycles. The number of nitrogens with one attached hydrogen (secondary N) is 1. The molecule has 0 aliphatic heterocycles. The summed E-state index contributed by atoms with van der Waals surface area (Å²) in [6.07, 6.45) is 3.80. The second-order valence-electron chi connectivity index (χ2n) is 5.42. The van der Waals surface area contributed by atoms with Gasteiger partial charge in [0.15, 0.2) is 0 Å². The highest BCUT2D eigenvalue weighted by Crippen LogP contribution is 2.21. The Morgan fingerprint density at radius 3 is 2.35 bits per heavy atom. The first-order valence-corrected chi connectivity index (χ1v) is 6.76. The van der Waals surface area contributed by atoms with Crippen LogP contribution in [0.25, 0.3) is 0 Å². The summed E-state index contributed by atoms with van der Waals surface area (Å²) in [6.45, 7) is 5.60. The third-order valence-electron chi connectivity index (χ3n) is 2.71. The van der Waals surface area contributed by atoms with Gasteiger partial charge in [-0.2, -0.15) is 12.6 Å². The number of carbonyl (C=O) groups is 1. The predicted molar refractivity (Wildman–Crippen MR) is 70.4 cm³/mol. The van der Waals surface area contributed by atoms with Gasteiger partial charge in [-0.05, 0) is 46.5 Å². The van der Waals surface area contributed by atoms with Crippen molar-refractivity contribution in [2.24, 2.45) is 0 Å². The van der Waals surface area contributed by atoms with E-state index in [9.17, 15) is 4.79 Å². The van der Waals surface area contributed by atoms with Crippen LogP contribution in [0, 0.1) is 0 Å². The molecule has 0 radical (unpaired) electrons. The van der Waals surface area contributed by atoms with Gasteiger partial charge in [-0.25, -0.2) is 4.79 Å². The van der Waals surface area contributed by atoms with Crippen molar-refractivity contribution in [1.82, 2.24) is 5.32 Å². The van der Waals surface area contributed by atoms with Crippen LogP contribution in [0.2, 0.25) is 0 Å². The first kappa shape index (κ1) is 14.6. The van der Waals surface area contributed by atoms with Crippen molar-refractivity contribution < 1.29 is 14.3 Å². The van der Waals surface area contributed by atoms with Gasteiger partial charge in [0.1, 0.15) is 5.60 Å². The second kappa shape index (κ2) is 6.50. The average Bonchev–Trinajstić information content (AvgIpc) is 2.18. The molecule has 1 aliphatic carbocycles. The molecule has 0 saturated heterocycles. The van der Waals surface area contributed by atoms with E-state index in [1.165, 1.54) is 0 Å². The van der Waals surface area contributed by atoms with Gasteiger partial charge in [0.2, 0.25) is 0 Å². The van der Waals surface area contributed by atoms with Gasteiger partial charge in [-0.1, -0.05) is 0 Å². The lowest BCUT2D eigenvalue weighted by Crippen LogP contribution is -2.41. The fourth-order valence-electron chi connectivity index (χ4n) is 1.95. The van der Waals surface area contributed by atoms with Gasteiger partial charge < -0.3 is 14.8 Å². The molecule has 0 unspecified atom stereocenters. The minimum absolute atomic E-state index is 0.213. The van der Waals surface area contributed by atoms with Crippen LogP contribution in [0.15, 0.2) is 0 Å². The molecule has 100 valence electrons. The SMILES string of the molecule is CC(C)(C)OC(=O)NC1CCC(OCS)CC1. The Morgan fingerprint density at radius 1 is 1.29 bits per heavy atom. The molecule has 0 bridgehead atoms. The summed E-state index contributed by atoms with van der Waals surface area (Å²) in [6, 6.07) is 0.213. The number of hydrogen-bond donors (Lipinski definition) is 2. The lowest BCUT2D eigenvalue weighted by Gasteiger charge is -2.29. The van der Waals surface area contributed by atoms with E-state index in [0.717, 1.165) is 25.7 Å². The van der Waals surface area contributed by atoms with Gasteiger partial charge in [-0.15, -0.1) is 0 Å². The topological polar surface area (TPSA) is 47.6 Å². The van der Waals surface area contributed by atoms with E-state index in [0.29, 0.717) is 12.0 Å². The number of carbonyl (C=O) groups excluding carboxylic acids is 1. The van der Waals surface area contributed by atoms with Crippen molar-refractivity contribution >= 4 is 18.7 Å². The lowest BCUT2D eigenvalue weighted by atomic mass is 9.93. The van der Waals surface area contributed by atoms with Gasteiger partial charge in [0, 0.05) is 6.04 Å². The molecule has 1 N–H and O–H groups in total. The Bertz CT molecular complexity index is 245. The van der Waals surface area contributed by atoms with E-state index >= 15 is 0 Å². The molecule has 0 spiro atoms. The Labute approximate surface area is 109 Å². The van der Waals surface area contributed by atoms with Crippen LogP contribution in [0.5, 0.6) is 0 Å². The van der Waals surface area contributed by atoms with Crippen molar-refractivity contribution in [3.8, 4) is 0 Å². The van der Waals surface area contributed by atoms with Crippen molar-refractivity contribution in [2.75, 3.05) is 5.94 Å². The highest BCUT2D eigenvalue weighted by molar-refractivity contribution is 7.80. The summed E-state index contributed by atoms with van der Waals surface area (Å²) in [5.41, 5.74) is -0.434. The number of amides is 1. The molecule has 0 atom stereocenters. The number of ether oxygens (including phenoxy) is 2. The van der Waals surface area contributed by atoms with E-state index in [2.05, 4.69) is 17.9 Å². The van der Waals surface area contributed by atoms with Crippen LogP contribution in [0.4, 0.5) is 4.79 Å². The largest absolute Gasteiger partial charge is 0.444 e. The van der Waals surface area contributed by atoms with E-state index in [1.807, 2.05) is 20.8 Å². The summed E-state index contributed by atoms with van der Waals surface area (Å²) in [5.74, 6) is 0.467. The molecular formula is C12H23NO3S. The first-order chi connectivity index (χ1) is 7.90. The van der Waals surface area contributed by atoms with Crippen molar-refractivity contribution in [3.05, 3.63) is 0 Å². The Morgan fingerprint density at radius 2 is 1.88 bits per heavy atom. The monoisotopic (exact) mass is 261 g/mol. The molecule has 1 rings (SSSR count). The minimum atomic E-state index is -0.434. The summed E-state index contributed by atoms with van der Waals surface area (Å²) < 4.78 is 10.7. The highest BCUT2D eigenvalue weighted by atomic mass is 32.1. The third-order valence-corrected chi connectivity index (χ3v) is 2.85. The first-order valence-electron chi connectivity index (χ1n) is 6.12. The Hall–Kier alpha value is -0.420. The molecule has 1 aliphatic rings. The summed E-state index contributed by atoms with van der Waals surface area (Å²) in [4.78, 5) is 11.6. The highest BCUT2D eigenvalue weighted by Gasteiger charge is 2.24. The van der Waals surface area contributed by atoms with Gasteiger partial charge >= 0.3 is 6.09 Å². The fourth-order valence-corrected chi connectivity index (χ4v) is 2.16. The second-order valence-corrected chi connectivity index (χ2v) is 5.67. The average molecular weight is 261 g/mol. The maximum Gasteiger partial charge on any atom is 0.407 e. The molecule has 0 aromatic carbocycles. The minimum Gasteiger partial charge on any atom is -0.444 e. The zero-order chi connectivity index (χ0) is 12.9. The third kappa shape index (κ3) is 6.17. The Balaban J connectivity index is 2.24. The summed E-state index contributed by atoms with van der Waals surface area (Å²) in [5, 5.41) is 2.90. The smallest absolute Gasteiger partial charge is 0.407 e. The van der Waals surface area contributed by atoms with Crippen LogP contribution in [-0.4, -0.2) is 29.8 Å². The van der Waals surface area contributed by atoms with Crippen LogP contribution in [0.1, 0.15) is 46.5 Å². The quantitative estimate of drug-likeness (QED) is 0.606. The molecular weight excluding hydrogens is 238 g/mol. The van der Waals surface area contributed by atoms with Gasteiger partial charge in [-0.3, -0.25) is 0 Å². The van der Waals surface area contributed by atoms with Crippen molar-refractivity contribution in [3.63, 3.8) is 0 Å². The normalized spacial score (nSPS) is 25.4. The number of thiol groups is 1. The molecule has 1 fully saturated rings.